The minimum atomic E-state index is 0.0681. The highest BCUT2D eigenvalue weighted by molar-refractivity contribution is 5.94. The van der Waals surface area contributed by atoms with Crippen molar-refractivity contribution in [3.8, 4) is 22.6 Å². The fourth-order valence-corrected chi connectivity index (χ4v) is 4.67. The van der Waals surface area contributed by atoms with Gasteiger partial charge in [0.25, 0.3) is 0 Å². The van der Waals surface area contributed by atoms with Crippen LogP contribution in [-0.2, 0) is 4.79 Å². The van der Waals surface area contributed by atoms with E-state index in [0.29, 0.717) is 0 Å². The number of hydrogen-bond acceptors (Lipinski definition) is 4. The van der Waals surface area contributed by atoms with Gasteiger partial charge in [-0.2, -0.15) is 0 Å². The van der Waals surface area contributed by atoms with Crippen LogP contribution in [0.4, 0.5) is 11.4 Å². The molecule has 1 amide bonds. The summed E-state index contributed by atoms with van der Waals surface area (Å²) in [4.78, 5) is 14.3. The number of amides is 1. The van der Waals surface area contributed by atoms with Gasteiger partial charge in [-0.3, -0.25) is 4.79 Å². The highest BCUT2D eigenvalue weighted by atomic mass is 16.7. The van der Waals surface area contributed by atoms with E-state index >= 15 is 0 Å². The quantitative estimate of drug-likeness (QED) is 0.598. The van der Waals surface area contributed by atoms with Crippen molar-refractivity contribution in [2.45, 2.75) is 39.3 Å². The normalized spacial score (nSPS) is 19.1. The summed E-state index contributed by atoms with van der Waals surface area (Å²) in [5.41, 5.74) is 6.63. The predicted molar refractivity (Wildman–Crippen MR) is 123 cm³/mol. The number of rotatable bonds is 3. The van der Waals surface area contributed by atoms with Crippen LogP contribution in [0.15, 0.2) is 60.7 Å². The van der Waals surface area contributed by atoms with E-state index < -0.39 is 0 Å². The first-order chi connectivity index (χ1) is 15.0. The van der Waals surface area contributed by atoms with E-state index in [2.05, 4.69) is 61.6 Å². The van der Waals surface area contributed by atoms with Crippen molar-refractivity contribution in [1.82, 2.24) is 0 Å². The van der Waals surface area contributed by atoms with Gasteiger partial charge in [0, 0.05) is 30.4 Å². The lowest BCUT2D eigenvalue weighted by atomic mass is 9.88. The molecule has 158 valence electrons. The summed E-state index contributed by atoms with van der Waals surface area (Å²) < 4.78 is 11.0. The monoisotopic (exact) mass is 414 g/mol. The third kappa shape index (κ3) is 3.61. The van der Waals surface area contributed by atoms with Crippen LogP contribution in [0, 0.1) is 6.92 Å². The SMILES string of the molecule is CC(=O)N1c2ccc(-c3cccc(C)c3)cc2[C@H](Nc2ccc3c(c2)OCO3)C[C@@H]1C. The Kier molecular flexibility index (Phi) is 4.81. The second-order valence-electron chi connectivity index (χ2n) is 8.38. The van der Waals surface area contributed by atoms with Gasteiger partial charge >= 0.3 is 0 Å². The number of carbonyl (C=O) groups is 1. The summed E-state index contributed by atoms with van der Waals surface area (Å²) in [5.74, 6) is 1.60. The van der Waals surface area contributed by atoms with E-state index in [0.717, 1.165) is 40.4 Å². The maximum absolute atomic E-state index is 12.4. The van der Waals surface area contributed by atoms with Crippen LogP contribution < -0.4 is 19.7 Å². The number of carbonyl (C=O) groups excluding carboxylic acids is 1. The molecule has 2 heterocycles. The Morgan fingerprint density at radius 1 is 1.00 bits per heavy atom. The summed E-state index contributed by atoms with van der Waals surface area (Å²) >= 11 is 0. The van der Waals surface area contributed by atoms with Crippen LogP contribution in [0.5, 0.6) is 11.5 Å². The Labute approximate surface area is 182 Å². The predicted octanol–water partition coefficient (Wildman–Crippen LogP) is 5.69. The average Bonchev–Trinajstić information content (AvgIpc) is 3.21. The molecular formula is C26H26N2O3. The molecule has 0 radical (unpaired) electrons. The second kappa shape index (κ2) is 7.65. The summed E-state index contributed by atoms with van der Waals surface area (Å²) in [6.07, 6.45) is 0.818. The summed E-state index contributed by atoms with van der Waals surface area (Å²) in [6, 6.07) is 21.0. The first kappa shape index (κ1) is 19.5. The summed E-state index contributed by atoms with van der Waals surface area (Å²) in [5, 5.41) is 3.67. The number of nitrogens with zero attached hydrogens (tertiary/aromatic N) is 1. The van der Waals surface area contributed by atoms with Crippen LogP contribution in [0.25, 0.3) is 11.1 Å². The maximum atomic E-state index is 12.4. The second-order valence-corrected chi connectivity index (χ2v) is 8.38. The molecule has 0 spiro atoms. The van der Waals surface area contributed by atoms with Gasteiger partial charge in [0.2, 0.25) is 12.7 Å². The number of aryl methyl sites for hydroxylation is 1. The van der Waals surface area contributed by atoms with E-state index in [1.807, 2.05) is 23.1 Å². The molecule has 3 aromatic carbocycles. The Morgan fingerprint density at radius 2 is 1.81 bits per heavy atom. The number of hydrogen-bond donors (Lipinski definition) is 1. The van der Waals surface area contributed by atoms with E-state index in [1.54, 1.807) is 6.92 Å². The van der Waals surface area contributed by atoms with Crippen LogP contribution in [0.2, 0.25) is 0 Å². The van der Waals surface area contributed by atoms with Gasteiger partial charge in [-0.1, -0.05) is 35.9 Å². The van der Waals surface area contributed by atoms with Crippen molar-refractivity contribution in [2.75, 3.05) is 17.0 Å². The van der Waals surface area contributed by atoms with Crippen molar-refractivity contribution in [2.24, 2.45) is 0 Å². The van der Waals surface area contributed by atoms with Gasteiger partial charge in [-0.05, 0) is 61.2 Å². The molecule has 0 saturated heterocycles. The molecule has 2 aliphatic heterocycles. The van der Waals surface area contributed by atoms with Gasteiger partial charge in [0.15, 0.2) is 11.5 Å². The van der Waals surface area contributed by atoms with Crippen molar-refractivity contribution < 1.29 is 14.3 Å². The Morgan fingerprint density at radius 3 is 2.61 bits per heavy atom. The van der Waals surface area contributed by atoms with E-state index in [9.17, 15) is 4.79 Å². The molecule has 0 fully saturated rings. The first-order valence-corrected chi connectivity index (χ1v) is 10.7. The molecule has 5 rings (SSSR count). The molecule has 2 aliphatic rings. The van der Waals surface area contributed by atoms with Crippen LogP contribution >= 0.6 is 0 Å². The van der Waals surface area contributed by atoms with Crippen LogP contribution in [0.1, 0.15) is 37.4 Å². The van der Waals surface area contributed by atoms with Gasteiger partial charge in [0.1, 0.15) is 0 Å². The van der Waals surface area contributed by atoms with Gasteiger partial charge in [-0.25, -0.2) is 0 Å². The van der Waals surface area contributed by atoms with Crippen molar-refractivity contribution >= 4 is 17.3 Å². The van der Waals surface area contributed by atoms with Crippen LogP contribution in [0.3, 0.4) is 0 Å². The van der Waals surface area contributed by atoms with Crippen molar-refractivity contribution in [3.05, 3.63) is 71.8 Å². The molecular weight excluding hydrogens is 388 g/mol. The summed E-state index contributed by atoms with van der Waals surface area (Å²) in [7, 11) is 0. The number of anilines is 2. The number of nitrogens with one attached hydrogen (secondary N) is 1. The maximum Gasteiger partial charge on any atom is 0.231 e. The van der Waals surface area contributed by atoms with E-state index in [4.69, 9.17) is 9.47 Å². The standard InChI is InChI=1S/C26H26N2O3/c1-16-5-4-6-19(11-16)20-7-9-24-22(13-20)23(12-17(2)28(24)18(3)29)27-21-8-10-25-26(14-21)31-15-30-25/h4-11,13-14,17,23,27H,12,15H2,1-3H3/t17-,23+/m0/s1. The third-order valence-electron chi connectivity index (χ3n) is 6.08. The molecule has 0 bridgehead atoms. The lowest BCUT2D eigenvalue weighted by molar-refractivity contribution is -0.117. The highest BCUT2D eigenvalue weighted by Crippen LogP contribution is 2.42. The molecule has 0 aliphatic carbocycles. The summed E-state index contributed by atoms with van der Waals surface area (Å²) in [6.45, 7) is 6.11. The van der Waals surface area contributed by atoms with Crippen molar-refractivity contribution in [1.29, 1.82) is 0 Å². The van der Waals surface area contributed by atoms with Crippen molar-refractivity contribution in [3.63, 3.8) is 0 Å². The molecule has 31 heavy (non-hydrogen) atoms. The first-order valence-electron chi connectivity index (χ1n) is 10.7. The minimum absolute atomic E-state index is 0.0681. The topological polar surface area (TPSA) is 50.8 Å². The van der Waals surface area contributed by atoms with Gasteiger partial charge < -0.3 is 19.7 Å². The third-order valence-corrected chi connectivity index (χ3v) is 6.08. The highest BCUT2D eigenvalue weighted by Gasteiger charge is 2.33. The number of ether oxygens (including phenoxy) is 2. The van der Waals surface area contributed by atoms with E-state index in [-0.39, 0.29) is 24.8 Å². The molecule has 2 atom stereocenters. The van der Waals surface area contributed by atoms with Gasteiger partial charge in [-0.15, -0.1) is 0 Å². The zero-order valence-electron chi connectivity index (χ0n) is 18.0. The number of fused-ring (bicyclic) bond motifs is 2. The molecule has 5 nitrogen and oxygen atoms in total. The molecule has 0 saturated carbocycles. The minimum Gasteiger partial charge on any atom is -0.454 e. The largest absolute Gasteiger partial charge is 0.454 e. The Balaban J connectivity index is 1.56. The smallest absolute Gasteiger partial charge is 0.231 e. The van der Waals surface area contributed by atoms with E-state index in [1.165, 1.54) is 11.1 Å². The Bertz CT molecular complexity index is 1160. The zero-order valence-corrected chi connectivity index (χ0v) is 18.0. The van der Waals surface area contributed by atoms with Gasteiger partial charge in [0.05, 0.1) is 6.04 Å². The zero-order chi connectivity index (χ0) is 21.5. The lowest BCUT2D eigenvalue weighted by Gasteiger charge is -2.39. The Hall–Kier alpha value is -3.47. The fourth-order valence-electron chi connectivity index (χ4n) is 4.67. The molecule has 1 N–H and O–H groups in total. The van der Waals surface area contributed by atoms with Crippen LogP contribution in [-0.4, -0.2) is 18.7 Å². The lowest BCUT2D eigenvalue weighted by Crippen LogP contribution is -2.43. The average molecular weight is 415 g/mol. The fraction of sp³-hybridized carbons (Fsp3) is 0.269. The molecule has 3 aromatic rings. The molecule has 5 heteroatoms. The number of benzene rings is 3. The molecule has 0 aromatic heterocycles. The molecule has 0 unspecified atom stereocenters.